The Bertz CT molecular complexity index is 1970. The van der Waals surface area contributed by atoms with Gasteiger partial charge in [0.1, 0.15) is 12.4 Å². The first-order valence-corrected chi connectivity index (χ1v) is 15.7. The average Bonchev–Trinajstić information content (AvgIpc) is 3.37. The number of esters is 1. The van der Waals surface area contributed by atoms with Gasteiger partial charge in [0, 0.05) is 0 Å². The van der Waals surface area contributed by atoms with Gasteiger partial charge in [-0.05, 0) is 79.9 Å². The normalized spacial score (nSPS) is 14.3. The first-order chi connectivity index (χ1) is 22.7. The number of thiazole rings is 1. The van der Waals surface area contributed by atoms with Crippen LogP contribution in [0.3, 0.4) is 0 Å². The van der Waals surface area contributed by atoms with E-state index in [0.717, 1.165) is 5.56 Å². The molecule has 12 heteroatoms. The Morgan fingerprint density at radius 2 is 1.62 bits per heavy atom. The van der Waals surface area contributed by atoms with Crippen LogP contribution < -0.4 is 38.6 Å². The summed E-state index contributed by atoms with van der Waals surface area (Å²) in [6, 6.07) is 14.0. The fraction of sp³-hybridized carbons (Fsp3) is 0.286. The van der Waals surface area contributed by atoms with Crippen molar-refractivity contribution in [1.82, 2.24) is 4.57 Å². The second kappa shape index (κ2) is 14.5. The molecule has 10 nitrogen and oxygen atoms in total. The van der Waals surface area contributed by atoms with E-state index in [1.807, 2.05) is 13.0 Å². The minimum atomic E-state index is -0.887. The lowest BCUT2D eigenvalue weighted by Crippen LogP contribution is -2.40. The number of hydrogen-bond acceptors (Lipinski definition) is 10. The van der Waals surface area contributed by atoms with Gasteiger partial charge in [0.2, 0.25) is 5.75 Å². The van der Waals surface area contributed by atoms with Crippen molar-refractivity contribution in [3.8, 4) is 28.7 Å². The lowest BCUT2D eigenvalue weighted by Gasteiger charge is -2.26. The van der Waals surface area contributed by atoms with Gasteiger partial charge in [0.25, 0.3) is 5.56 Å². The van der Waals surface area contributed by atoms with Gasteiger partial charge in [-0.1, -0.05) is 29.5 Å². The van der Waals surface area contributed by atoms with Gasteiger partial charge in [0.15, 0.2) is 27.8 Å². The number of carbonyl (C=O) groups excluding carboxylic acids is 1. The third-order valence-electron chi connectivity index (χ3n) is 7.39. The maximum Gasteiger partial charge on any atom is 0.338 e. The average molecular weight is 663 g/mol. The molecule has 0 spiro atoms. The molecule has 1 aliphatic heterocycles. The fourth-order valence-electron chi connectivity index (χ4n) is 5.26. The van der Waals surface area contributed by atoms with E-state index in [1.165, 1.54) is 49.4 Å². The summed E-state index contributed by atoms with van der Waals surface area (Å²) in [6.45, 7) is 6.06. The summed E-state index contributed by atoms with van der Waals surface area (Å²) in [7, 11) is 4.49. The molecule has 3 aromatic carbocycles. The smallest absolute Gasteiger partial charge is 0.338 e. The molecule has 0 saturated carbocycles. The van der Waals surface area contributed by atoms with Crippen LogP contribution in [0.4, 0.5) is 4.39 Å². The molecule has 0 aliphatic carbocycles. The Balaban J connectivity index is 1.61. The minimum Gasteiger partial charge on any atom is -0.493 e. The quantitative estimate of drug-likeness (QED) is 0.197. The van der Waals surface area contributed by atoms with Gasteiger partial charge in [-0.25, -0.2) is 14.2 Å². The highest BCUT2D eigenvalue weighted by atomic mass is 32.1. The van der Waals surface area contributed by atoms with Gasteiger partial charge >= 0.3 is 5.97 Å². The number of allylic oxidation sites excluding steroid dienone is 1. The summed E-state index contributed by atoms with van der Waals surface area (Å²) >= 11 is 1.20. The summed E-state index contributed by atoms with van der Waals surface area (Å²) in [5.74, 6) is 1.21. The number of rotatable bonds is 12. The Kier molecular flexibility index (Phi) is 10.3. The minimum absolute atomic E-state index is 0.147. The molecule has 0 N–H and O–H groups in total. The molecule has 0 saturated heterocycles. The highest BCUT2D eigenvalue weighted by molar-refractivity contribution is 7.07. The summed E-state index contributed by atoms with van der Waals surface area (Å²) in [5.41, 5.74) is 2.34. The SMILES string of the molecule is CCOC(=O)C1=C(C)N=c2s/c(=C\c3ccc(OCc4ccc(F)cc4)c(OCC)c3)c(=O)n2C1c1cc(OC)c(OC)c(OC)c1. The van der Waals surface area contributed by atoms with Crippen molar-refractivity contribution in [2.75, 3.05) is 34.5 Å². The lowest BCUT2D eigenvalue weighted by molar-refractivity contribution is -0.139. The maximum absolute atomic E-state index is 14.2. The Morgan fingerprint density at radius 1 is 0.915 bits per heavy atom. The molecule has 246 valence electrons. The standard InChI is InChI=1S/C35H35FN2O8S/c1-7-44-26-15-22(11-14-25(26)46-19-21-9-12-24(36)13-10-21)16-29-33(39)38-31(23-17-27(41-4)32(43-6)28(18-23)42-5)30(34(40)45-8-2)20(3)37-35(38)47-29/h9-18,31H,7-8,19H2,1-6H3/b29-16-. The number of nitrogens with zero attached hydrogens (tertiary/aromatic N) is 2. The summed E-state index contributed by atoms with van der Waals surface area (Å²) in [4.78, 5) is 32.6. The van der Waals surface area contributed by atoms with Crippen molar-refractivity contribution in [3.63, 3.8) is 0 Å². The molecule has 47 heavy (non-hydrogen) atoms. The van der Waals surface area contributed by atoms with E-state index in [0.29, 0.717) is 61.5 Å². The number of benzene rings is 3. The van der Waals surface area contributed by atoms with Crippen LogP contribution in [0.25, 0.3) is 6.08 Å². The van der Waals surface area contributed by atoms with E-state index in [9.17, 15) is 14.0 Å². The molecular formula is C35H35FN2O8S. The van der Waals surface area contributed by atoms with Gasteiger partial charge in [0.05, 0.1) is 56.4 Å². The molecule has 1 unspecified atom stereocenters. The van der Waals surface area contributed by atoms with Crippen LogP contribution in [-0.2, 0) is 16.1 Å². The molecule has 1 atom stereocenters. The van der Waals surface area contributed by atoms with Crippen molar-refractivity contribution in [2.45, 2.75) is 33.4 Å². The molecule has 1 aliphatic rings. The maximum atomic E-state index is 14.2. The van der Waals surface area contributed by atoms with Crippen LogP contribution in [-0.4, -0.2) is 45.1 Å². The number of halogens is 1. The number of hydrogen-bond donors (Lipinski definition) is 0. The molecular weight excluding hydrogens is 627 g/mol. The number of fused-ring (bicyclic) bond motifs is 1. The van der Waals surface area contributed by atoms with Crippen molar-refractivity contribution in [2.24, 2.45) is 4.99 Å². The van der Waals surface area contributed by atoms with Crippen LogP contribution in [0, 0.1) is 5.82 Å². The predicted molar refractivity (Wildman–Crippen MR) is 175 cm³/mol. The number of methoxy groups -OCH3 is 3. The van der Waals surface area contributed by atoms with Crippen LogP contribution in [0.1, 0.15) is 43.5 Å². The molecule has 0 radical (unpaired) electrons. The van der Waals surface area contributed by atoms with Crippen LogP contribution in [0.5, 0.6) is 28.7 Å². The monoisotopic (exact) mass is 662 g/mol. The molecule has 4 aromatic rings. The second-order valence-corrected chi connectivity index (χ2v) is 11.3. The Labute approximate surface area is 274 Å². The molecule has 0 amide bonds. The van der Waals surface area contributed by atoms with Gasteiger partial charge in [-0.15, -0.1) is 0 Å². The van der Waals surface area contributed by atoms with E-state index in [2.05, 4.69) is 4.99 Å². The van der Waals surface area contributed by atoms with Crippen LogP contribution in [0.15, 0.2) is 75.7 Å². The van der Waals surface area contributed by atoms with E-state index in [1.54, 1.807) is 56.3 Å². The molecule has 2 heterocycles. The van der Waals surface area contributed by atoms with E-state index in [4.69, 9.17) is 28.4 Å². The van der Waals surface area contributed by atoms with Crippen LogP contribution >= 0.6 is 11.3 Å². The van der Waals surface area contributed by atoms with Gasteiger partial charge < -0.3 is 28.4 Å². The zero-order chi connectivity index (χ0) is 33.7. The fourth-order valence-corrected chi connectivity index (χ4v) is 6.31. The largest absolute Gasteiger partial charge is 0.493 e. The first-order valence-electron chi connectivity index (χ1n) is 14.9. The lowest BCUT2D eigenvalue weighted by atomic mass is 9.95. The predicted octanol–water partition coefficient (Wildman–Crippen LogP) is 4.94. The second-order valence-electron chi connectivity index (χ2n) is 10.3. The molecule has 0 fully saturated rings. The summed E-state index contributed by atoms with van der Waals surface area (Å²) in [5, 5.41) is 0. The van der Waals surface area contributed by atoms with Crippen LogP contribution in [0.2, 0.25) is 0 Å². The third kappa shape index (κ3) is 6.87. The van der Waals surface area contributed by atoms with Crippen molar-refractivity contribution < 1.29 is 37.6 Å². The third-order valence-corrected chi connectivity index (χ3v) is 8.38. The summed E-state index contributed by atoms with van der Waals surface area (Å²) < 4.78 is 49.1. The highest BCUT2D eigenvalue weighted by Gasteiger charge is 2.34. The van der Waals surface area contributed by atoms with E-state index in [-0.39, 0.29) is 30.2 Å². The number of aromatic nitrogens is 1. The number of carbonyl (C=O) groups is 1. The zero-order valence-electron chi connectivity index (χ0n) is 26.9. The first kappa shape index (κ1) is 33.3. The van der Waals surface area contributed by atoms with Crippen molar-refractivity contribution in [1.29, 1.82) is 0 Å². The highest BCUT2D eigenvalue weighted by Crippen LogP contribution is 2.42. The molecule has 5 rings (SSSR count). The Hall–Kier alpha value is -5.10. The van der Waals surface area contributed by atoms with Crippen molar-refractivity contribution >= 4 is 23.4 Å². The summed E-state index contributed by atoms with van der Waals surface area (Å²) in [6.07, 6.45) is 1.74. The van der Waals surface area contributed by atoms with E-state index < -0.39 is 12.0 Å². The molecule has 0 bridgehead atoms. The topological polar surface area (TPSA) is 107 Å². The van der Waals surface area contributed by atoms with Gasteiger partial charge in [-0.2, -0.15) is 0 Å². The van der Waals surface area contributed by atoms with Gasteiger partial charge in [-0.3, -0.25) is 9.36 Å². The van der Waals surface area contributed by atoms with Crippen molar-refractivity contribution in [3.05, 3.63) is 108 Å². The van der Waals surface area contributed by atoms with E-state index >= 15 is 0 Å². The Morgan fingerprint density at radius 3 is 2.23 bits per heavy atom. The zero-order valence-corrected chi connectivity index (χ0v) is 27.7. The molecule has 1 aromatic heterocycles. The number of ether oxygens (including phenoxy) is 6.